The Balaban J connectivity index is 2.78. The van der Waals surface area contributed by atoms with Crippen molar-refractivity contribution < 1.29 is 9.53 Å². The lowest BCUT2D eigenvalue weighted by Crippen LogP contribution is -2.33. The van der Waals surface area contributed by atoms with Crippen LogP contribution in [0.25, 0.3) is 11.0 Å². The highest BCUT2D eigenvalue weighted by molar-refractivity contribution is 5.97. The number of aromatic nitrogens is 3. The first-order valence-corrected chi connectivity index (χ1v) is 5.52. The van der Waals surface area contributed by atoms with Crippen molar-refractivity contribution in [1.29, 1.82) is 0 Å². The maximum Gasteiger partial charge on any atom is 0.341 e. The van der Waals surface area contributed by atoms with Crippen molar-refractivity contribution in [2.45, 2.75) is 6.92 Å². The number of esters is 1. The van der Waals surface area contributed by atoms with E-state index < -0.39 is 17.2 Å². The number of carbonyl (C=O) groups excluding carboxylic acids is 1. The minimum atomic E-state index is -0.664. The summed E-state index contributed by atoms with van der Waals surface area (Å²) in [6.07, 6.45) is 0. The number of nitrogen functional groups attached to an aromatic ring is 1. The average molecular weight is 264 g/mol. The molecule has 8 heteroatoms. The summed E-state index contributed by atoms with van der Waals surface area (Å²) < 4.78 is 5.70. The number of carbonyl (C=O) groups is 1. The molecule has 2 aromatic heterocycles. The summed E-state index contributed by atoms with van der Waals surface area (Å²) in [7, 11) is 1.32. The SMILES string of the molecule is CCOC(=O)c1cc2c(=O)n(C)c(=O)[nH]c2nc1N. The van der Waals surface area contributed by atoms with Gasteiger partial charge in [-0.05, 0) is 13.0 Å². The van der Waals surface area contributed by atoms with Crippen LogP contribution in [-0.4, -0.2) is 27.1 Å². The highest BCUT2D eigenvalue weighted by atomic mass is 16.5. The van der Waals surface area contributed by atoms with Crippen LogP contribution >= 0.6 is 0 Å². The second kappa shape index (κ2) is 4.56. The minimum absolute atomic E-state index is 0.00139. The summed E-state index contributed by atoms with van der Waals surface area (Å²) in [6, 6.07) is 1.27. The first-order chi connectivity index (χ1) is 8.95. The van der Waals surface area contributed by atoms with Crippen LogP contribution in [0.4, 0.5) is 5.82 Å². The van der Waals surface area contributed by atoms with Gasteiger partial charge in [0.05, 0.1) is 12.0 Å². The largest absolute Gasteiger partial charge is 0.462 e. The molecule has 3 N–H and O–H groups in total. The van der Waals surface area contributed by atoms with E-state index >= 15 is 0 Å². The Morgan fingerprint density at radius 2 is 2.21 bits per heavy atom. The highest BCUT2D eigenvalue weighted by Crippen LogP contribution is 2.14. The summed E-state index contributed by atoms with van der Waals surface area (Å²) in [6.45, 7) is 1.83. The molecule has 0 spiro atoms. The quantitative estimate of drug-likeness (QED) is 0.697. The second-order valence-corrected chi connectivity index (χ2v) is 3.83. The summed E-state index contributed by atoms with van der Waals surface area (Å²) >= 11 is 0. The van der Waals surface area contributed by atoms with Gasteiger partial charge in [0.25, 0.3) is 5.56 Å². The zero-order valence-corrected chi connectivity index (χ0v) is 10.4. The van der Waals surface area contributed by atoms with Crippen LogP contribution in [0.3, 0.4) is 0 Å². The minimum Gasteiger partial charge on any atom is -0.462 e. The van der Waals surface area contributed by atoms with E-state index in [1.807, 2.05) is 0 Å². The fourth-order valence-electron chi connectivity index (χ4n) is 1.62. The van der Waals surface area contributed by atoms with Crippen molar-refractivity contribution in [2.24, 2.45) is 7.05 Å². The van der Waals surface area contributed by atoms with Gasteiger partial charge in [-0.15, -0.1) is 0 Å². The van der Waals surface area contributed by atoms with Gasteiger partial charge in [0.1, 0.15) is 17.0 Å². The fourth-order valence-corrected chi connectivity index (χ4v) is 1.62. The predicted molar refractivity (Wildman–Crippen MR) is 68.0 cm³/mol. The molecule has 0 aliphatic rings. The van der Waals surface area contributed by atoms with Gasteiger partial charge in [-0.2, -0.15) is 0 Å². The van der Waals surface area contributed by atoms with Gasteiger partial charge in [0.2, 0.25) is 0 Å². The van der Waals surface area contributed by atoms with Gasteiger partial charge in [0, 0.05) is 7.05 Å². The molecule has 0 atom stereocenters. The molecule has 0 saturated heterocycles. The fraction of sp³-hybridized carbons (Fsp3) is 0.273. The van der Waals surface area contributed by atoms with Crippen LogP contribution < -0.4 is 17.0 Å². The number of hydrogen-bond donors (Lipinski definition) is 2. The number of nitrogens with one attached hydrogen (secondary N) is 1. The van der Waals surface area contributed by atoms with Crippen molar-refractivity contribution >= 4 is 22.8 Å². The van der Waals surface area contributed by atoms with Crippen LogP contribution in [0.15, 0.2) is 15.7 Å². The van der Waals surface area contributed by atoms with Crippen molar-refractivity contribution in [3.63, 3.8) is 0 Å². The monoisotopic (exact) mass is 264 g/mol. The molecule has 0 saturated carbocycles. The van der Waals surface area contributed by atoms with Crippen LogP contribution in [0, 0.1) is 0 Å². The maximum atomic E-state index is 11.9. The van der Waals surface area contributed by atoms with Crippen LogP contribution in [0.2, 0.25) is 0 Å². The van der Waals surface area contributed by atoms with Gasteiger partial charge in [0.15, 0.2) is 0 Å². The Kier molecular flexibility index (Phi) is 3.07. The number of pyridine rings is 1. The average Bonchev–Trinajstić information content (AvgIpc) is 2.36. The number of H-pyrrole nitrogens is 1. The van der Waals surface area contributed by atoms with E-state index in [9.17, 15) is 14.4 Å². The van der Waals surface area contributed by atoms with Crippen LogP contribution in [0.5, 0.6) is 0 Å². The molecule has 0 aromatic carbocycles. The molecule has 19 heavy (non-hydrogen) atoms. The lowest BCUT2D eigenvalue weighted by Gasteiger charge is -2.06. The number of aromatic amines is 1. The van der Waals surface area contributed by atoms with E-state index in [0.29, 0.717) is 0 Å². The number of rotatable bonds is 2. The Labute approximate surface area is 106 Å². The molecule has 0 fully saturated rings. The van der Waals surface area contributed by atoms with Crippen molar-refractivity contribution in [3.05, 3.63) is 32.5 Å². The van der Waals surface area contributed by atoms with E-state index in [2.05, 4.69) is 9.97 Å². The van der Waals surface area contributed by atoms with Gasteiger partial charge in [-0.1, -0.05) is 0 Å². The molecule has 8 nitrogen and oxygen atoms in total. The first-order valence-electron chi connectivity index (χ1n) is 5.52. The molecule has 0 aliphatic heterocycles. The lowest BCUT2D eigenvalue weighted by molar-refractivity contribution is 0.0527. The standard InChI is InChI=1S/C11H12N4O4/c1-3-19-10(17)5-4-6-8(13-7(5)12)14-11(18)15(2)9(6)16/h4H,3H2,1-2H3,(H3,12,13,14,18). The molecule has 100 valence electrons. The zero-order valence-electron chi connectivity index (χ0n) is 10.4. The molecule has 0 aliphatic carbocycles. The third-order valence-electron chi connectivity index (χ3n) is 2.61. The summed E-state index contributed by atoms with van der Waals surface area (Å²) in [5, 5.41) is 0.0966. The van der Waals surface area contributed by atoms with Crippen molar-refractivity contribution in [1.82, 2.24) is 14.5 Å². The molecule has 2 rings (SSSR count). The van der Waals surface area contributed by atoms with E-state index in [1.54, 1.807) is 6.92 Å². The number of hydrogen-bond acceptors (Lipinski definition) is 6. The van der Waals surface area contributed by atoms with Gasteiger partial charge in [-0.25, -0.2) is 14.6 Å². The van der Waals surface area contributed by atoms with Crippen LogP contribution in [-0.2, 0) is 11.8 Å². The van der Waals surface area contributed by atoms with Crippen molar-refractivity contribution in [2.75, 3.05) is 12.3 Å². The first kappa shape index (κ1) is 12.8. The summed E-state index contributed by atoms with van der Waals surface area (Å²) in [4.78, 5) is 41.2. The normalized spacial score (nSPS) is 10.6. The third kappa shape index (κ3) is 2.07. The Hall–Kier alpha value is -2.64. The third-order valence-corrected chi connectivity index (χ3v) is 2.61. The molecule has 0 unspecified atom stereocenters. The van der Waals surface area contributed by atoms with Crippen LogP contribution in [0.1, 0.15) is 17.3 Å². The Bertz CT molecular complexity index is 775. The predicted octanol–water partition coefficient (Wildman–Crippen LogP) is -0.619. The number of anilines is 1. The number of ether oxygens (including phenoxy) is 1. The molecular weight excluding hydrogens is 252 g/mol. The smallest absolute Gasteiger partial charge is 0.341 e. The van der Waals surface area contributed by atoms with E-state index in [1.165, 1.54) is 13.1 Å². The number of nitrogens with zero attached hydrogens (tertiary/aromatic N) is 2. The van der Waals surface area contributed by atoms with E-state index in [-0.39, 0.29) is 29.0 Å². The molecule has 0 amide bonds. The van der Waals surface area contributed by atoms with Gasteiger partial charge in [-0.3, -0.25) is 14.3 Å². The summed E-state index contributed by atoms with van der Waals surface area (Å²) in [5.41, 5.74) is 4.49. The second-order valence-electron chi connectivity index (χ2n) is 3.83. The summed E-state index contributed by atoms with van der Waals surface area (Å²) in [5.74, 6) is -0.766. The topological polar surface area (TPSA) is 120 Å². The van der Waals surface area contributed by atoms with Crippen molar-refractivity contribution in [3.8, 4) is 0 Å². The van der Waals surface area contributed by atoms with E-state index in [0.717, 1.165) is 4.57 Å². The van der Waals surface area contributed by atoms with E-state index in [4.69, 9.17) is 10.5 Å². The molecular formula is C11H12N4O4. The Morgan fingerprint density at radius 3 is 2.84 bits per heavy atom. The molecule has 0 radical (unpaired) electrons. The zero-order chi connectivity index (χ0) is 14.2. The molecule has 2 aromatic rings. The maximum absolute atomic E-state index is 11.9. The highest BCUT2D eigenvalue weighted by Gasteiger charge is 2.16. The lowest BCUT2D eigenvalue weighted by atomic mass is 10.2. The van der Waals surface area contributed by atoms with Gasteiger partial charge >= 0.3 is 11.7 Å². The molecule has 2 heterocycles. The Morgan fingerprint density at radius 1 is 1.53 bits per heavy atom. The number of fused-ring (bicyclic) bond motifs is 1. The molecule has 0 bridgehead atoms. The van der Waals surface area contributed by atoms with Gasteiger partial charge < -0.3 is 10.5 Å². The number of nitrogens with two attached hydrogens (primary N) is 1.